The number of fused-ring (bicyclic) bond motifs is 1. The molecule has 0 atom stereocenters. The molecule has 0 saturated heterocycles. The van der Waals surface area contributed by atoms with Crippen molar-refractivity contribution < 1.29 is 9.90 Å². The summed E-state index contributed by atoms with van der Waals surface area (Å²) in [6, 6.07) is 14.3. The van der Waals surface area contributed by atoms with E-state index in [0.717, 1.165) is 24.0 Å². The van der Waals surface area contributed by atoms with Gasteiger partial charge in [-0.25, -0.2) is 0 Å². The third-order valence-corrected chi connectivity index (χ3v) is 4.72. The topological polar surface area (TPSA) is 49.3 Å². The molecule has 0 spiro atoms. The third kappa shape index (κ3) is 4.45. The molecule has 24 heavy (non-hydrogen) atoms. The summed E-state index contributed by atoms with van der Waals surface area (Å²) in [5, 5.41) is 12.0. The molecule has 0 radical (unpaired) electrons. The third-order valence-electron chi connectivity index (χ3n) is 4.72. The van der Waals surface area contributed by atoms with Crippen LogP contribution in [0.2, 0.25) is 0 Å². The Bertz CT molecular complexity index is 691. The van der Waals surface area contributed by atoms with Crippen molar-refractivity contribution in [2.45, 2.75) is 45.1 Å². The minimum absolute atomic E-state index is 0.0673. The number of rotatable bonds is 6. The maximum atomic E-state index is 12.1. The molecule has 3 nitrogen and oxygen atoms in total. The van der Waals surface area contributed by atoms with E-state index in [2.05, 4.69) is 23.5 Å². The Balaban J connectivity index is 1.47. The highest BCUT2D eigenvalue weighted by Crippen LogP contribution is 2.22. The Labute approximate surface area is 143 Å². The van der Waals surface area contributed by atoms with E-state index in [9.17, 15) is 4.79 Å². The molecule has 0 aromatic heterocycles. The molecule has 0 fully saturated rings. The Morgan fingerprint density at radius 1 is 0.917 bits per heavy atom. The zero-order valence-electron chi connectivity index (χ0n) is 14.1. The first-order valence-corrected chi connectivity index (χ1v) is 8.80. The quantitative estimate of drug-likeness (QED) is 0.859. The van der Waals surface area contributed by atoms with Gasteiger partial charge < -0.3 is 10.4 Å². The monoisotopic (exact) mass is 323 g/mol. The van der Waals surface area contributed by atoms with Gasteiger partial charge in [-0.05, 0) is 59.9 Å². The van der Waals surface area contributed by atoms with Gasteiger partial charge in [-0.1, -0.05) is 42.5 Å². The van der Waals surface area contributed by atoms with Crippen LogP contribution in [0, 0.1) is 0 Å². The zero-order valence-corrected chi connectivity index (χ0v) is 14.1. The molecule has 2 N–H and O–H groups in total. The van der Waals surface area contributed by atoms with Gasteiger partial charge in [0.2, 0.25) is 5.91 Å². The average Bonchev–Trinajstić information content (AvgIpc) is 2.62. The standard InChI is InChI=1S/C21H25NO2/c23-15-17-7-5-16(6-8-17)11-12-22-21(24)14-18-9-10-19-3-1-2-4-20(19)13-18/h5-10,13,23H,1-4,11-12,14-15H2,(H,22,24). The Morgan fingerprint density at radius 2 is 1.58 bits per heavy atom. The fourth-order valence-electron chi connectivity index (χ4n) is 3.30. The van der Waals surface area contributed by atoms with Crippen LogP contribution in [0.4, 0.5) is 0 Å². The van der Waals surface area contributed by atoms with E-state index < -0.39 is 0 Å². The lowest BCUT2D eigenvalue weighted by Crippen LogP contribution is -2.27. The van der Waals surface area contributed by atoms with Crippen LogP contribution in [0.25, 0.3) is 0 Å². The molecule has 2 aromatic rings. The summed E-state index contributed by atoms with van der Waals surface area (Å²) in [7, 11) is 0. The number of aliphatic hydroxyl groups is 1. The van der Waals surface area contributed by atoms with Crippen molar-refractivity contribution in [3.63, 3.8) is 0 Å². The van der Waals surface area contributed by atoms with Crippen LogP contribution < -0.4 is 5.32 Å². The lowest BCUT2D eigenvalue weighted by atomic mass is 9.90. The molecule has 0 heterocycles. The van der Waals surface area contributed by atoms with Crippen LogP contribution in [0.1, 0.15) is 40.7 Å². The second-order valence-electron chi connectivity index (χ2n) is 6.56. The van der Waals surface area contributed by atoms with Gasteiger partial charge in [0, 0.05) is 6.54 Å². The van der Waals surface area contributed by atoms with Crippen LogP contribution >= 0.6 is 0 Å². The van der Waals surface area contributed by atoms with Gasteiger partial charge in [-0.2, -0.15) is 0 Å². The Morgan fingerprint density at radius 3 is 2.33 bits per heavy atom. The summed E-state index contributed by atoms with van der Waals surface area (Å²) in [5.74, 6) is 0.0812. The first-order chi connectivity index (χ1) is 11.7. The van der Waals surface area contributed by atoms with Gasteiger partial charge >= 0.3 is 0 Å². The number of hydrogen-bond donors (Lipinski definition) is 2. The van der Waals surface area contributed by atoms with Crippen molar-refractivity contribution in [3.05, 3.63) is 70.3 Å². The van der Waals surface area contributed by atoms with E-state index >= 15 is 0 Å². The summed E-state index contributed by atoms with van der Waals surface area (Å²) >= 11 is 0. The predicted octanol–water partition coefficient (Wildman–Crippen LogP) is 2.96. The van der Waals surface area contributed by atoms with E-state index in [-0.39, 0.29) is 12.5 Å². The van der Waals surface area contributed by atoms with E-state index in [0.29, 0.717) is 13.0 Å². The molecule has 0 unspecified atom stereocenters. The van der Waals surface area contributed by atoms with Crippen LogP contribution in [0.5, 0.6) is 0 Å². The Kier molecular flexibility index (Phi) is 5.65. The van der Waals surface area contributed by atoms with Crippen molar-refractivity contribution in [1.82, 2.24) is 5.32 Å². The molecule has 0 bridgehead atoms. The number of carbonyl (C=O) groups is 1. The molecular weight excluding hydrogens is 298 g/mol. The van der Waals surface area contributed by atoms with Crippen molar-refractivity contribution in [1.29, 1.82) is 0 Å². The number of nitrogens with one attached hydrogen (secondary N) is 1. The highest BCUT2D eigenvalue weighted by Gasteiger charge is 2.11. The minimum Gasteiger partial charge on any atom is -0.392 e. The molecule has 126 valence electrons. The van der Waals surface area contributed by atoms with Crippen molar-refractivity contribution >= 4 is 5.91 Å². The first kappa shape index (κ1) is 16.7. The zero-order chi connectivity index (χ0) is 16.8. The summed E-state index contributed by atoms with van der Waals surface area (Å²) in [6.07, 6.45) is 6.13. The summed E-state index contributed by atoms with van der Waals surface area (Å²) in [5.41, 5.74) is 6.07. The van der Waals surface area contributed by atoms with Gasteiger partial charge in [0.1, 0.15) is 0 Å². The van der Waals surface area contributed by atoms with Gasteiger partial charge in [0.15, 0.2) is 0 Å². The molecular formula is C21H25NO2. The number of aryl methyl sites for hydroxylation is 2. The lowest BCUT2D eigenvalue weighted by Gasteiger charge is -2.16. The van der Waals surface area contributed by atoms with Gasteiger partial charge in [0.05, 0.1) is 13.0 Å². The van der Waals surface area contributed by atoms with Gasteiger partial charge in [0.25, 0.3) is 0 Å². The highest BCUT2D eigenvalue weighted by molar-refractivity contribution is 5.78. The fourth-order valence-corrected chi connectivity index (χ4v) is 3.30. The van der Waals surface area contributed by atoms with Crippen molar-refractivity contribution in [2.24, 2.45) is 0 Å². The normalized spacial score (nSPS) is 13.4. The molecule has 1 amide bonds. The van der Waals surface area contributed by atoms with Gasteiger partial charge in [-0.15, -0.1) is 0 Å². The Hall–Kier alpha value is -2.13. The molecule has 3 rings (SSSR count). The predicted molar refractivity (Wildman–Crippen MR) is 95.9 cm³/mol. The van der Waals surface area contributed by atoms with E-state index in [1.165, 1.54) is 36.0 Å². The van der Waals surface area contributed by atoms with Crippen molar-refractivity contribution in [3.8, 4) is 0 Å². The largest absolute Gasteiger partial charge is 0.392 e. The molecule has 1 aliphatic carbocycles. The number of aliphatic hydroxyl groups excluding tert-OH is 1. The van der Waals surface area contributed by atoms with Crippen LogP contribution in [0.3, 0.4) is 0 Å². The summed E-state index contributed by atoms with van der Waals surface area (Å²) in [4.78, 5) is 12.1. The number of amides is 1. The smallest absolute Gasteiger partial charge is 0.224 e. The highest BCUT2D eigenvalue weighted by atomic mass is 16.3. The average molecular weight is 323 g/mol. The second kappa shape index (κ2) is 8.11. The molecule has 0 saturated carbocycles. The van der Waals surface area contributed by atoms with Crippen LogP contribution in [0.15, 0.2) is 42.5 Å². The lowest BCUT2D eigenvalue weighted by molar-refractivity contribution is -0.120. The molecule has 0 aliphatic heterocycles. The van der Waals surface area contributed by atoms with Crippen LogP contribution in [-0.2, 0) is 37.1 Å². The fraction of sp³-hybridized carbons (Fsp3) is 0.381. The maximum Gasteiger partial charge on any atom is 0.224 e. The summed E-state index contributed by atoms with van der Waals surface area (Å²) in [6.45, 7) is 0.708. The molecule has 2 aromatic carbocycles. The van der Waals surface area contributed by atoms with E-state index in [1.807, 2.05) is 24.3 Å². The summed E-state index contributed by atoms with van der Waals surface area (Å²) < 4.78 is 0. The number of carbonyl (C=O) groups excluding carboxylic acids is 1. The SMILES string of the molecule is O=C(Cc1ccc2c(c1)CCCC2)NCCc1ccc(CO)cc1. The molecule has 1 aliphatic rings. The minimum atomic E-state index is 0.0673. The van der Waals surface area contributed by atoms with E-state index in [4.69, 9.17) is 5.11 Å². The van der Waals surface area contributed by atoms with Crippen molar-refractivity contribution in [2.75, 3.05) is 6.54 Å². The number of benzene rings is 2. The number of hydrogen-bond acceptors (Lipinski definition) is 2. The second-order valence-corrected chi connectivity index (χ2v) is 6.56. The molecule has 3 heteroatoms. The van der Waals surface area contributed by atoms with Crippen LogP contribution in [-0.4, -0.2) is 17.6 Å². The van der Waals surface area contributed by atoms with E-state index in [1.54, 1.807) is 0 Å². The van der Waals surface area contributed by atoms with Gasteiger partial charge in [-0.3, -0.25) is 4.79 Å². The first-order valence-electron chi connectivity index (χ1n) is 8.80. The maximum absolute atomic E-state index is 12.1.